The third-order valence-electron chi connectivity index (χ3n) is 10.8. The second-order valence-corrected chi connectivity index (χ2v) is 14.2. The molecule has 6 rings (SSSR count). The number of amides is 2. The van der Waals surface area contributed by atoms with Crippen molar-refractivity contribution in [1.82, 2.24) is 15.1 Å². The van der Waals surface area contributed by atoms with Gasteiger partial charge in [-0.25, -0.2) is 4.79 Å². The Morgan fingerprint density at radius 3 is 1.57 bits per heavy atom. The van der Waals surface area contributed by atoms with E-state index in [0.29, 0.717) is 36.5 Å². The van der Waals surface area contributed by atoms with E-state index >= 15 is 0 Å². The molecular formula is C38H50CaN4O6. The summed E-state index contributed by atoms with van der Waals surface area (Å²) in [6, 6.07) is 18.6. The fourth-order valence-corrected chi connectivity index (χ4v) is 8.01. The SMILES string of the molecule is O=C(O)C(CNC(=O)N1C[C@H]2CCCC[C@H]2C1)Cc1ccccc1.O=C([O-])C(CN=C([O-])N1C[C@H]2CCCC[C@H]2C1)Cc1ccccc1.[Ca+2]. The van der Waals surface area contributed by atoms with Crippen LogP contribution < -0.4 is 15.5 Å². The zero-order valence-corrected chi connectivity index (χ0v) is 30.8. The van der Waals surface area contributed by atoms with E-state index < -0.39 is 23.8 Å². The monoisotopic (exact) mass is 698 g/mol. The van der Waals surface area contributed by atoms with E-state index in [9.17, 15) is 29.7 Å². The molecule has 2 aliphatic heterocycles. The zero-order chi connectivity index (χ0) is 33.9. The van der Waals surface area contributed by atoms with Crippen LogP contribution in [0.1, 0.15) is 62.5 Å². The fraction of sp³-hybridized carbons (Fsp3) is 0.579. The molecule has 2 N–H and O–H groups in total. The molecule has 6 atom stereocenters. The Morgan fingerprint density at radius 1 is 0.714 bits per heavy atom. The Bertz CT molecular complexity index is 1350. The molecule has 10 nitrogen and oxygen atoms in total. The van der Waals surface area contributed by atoms with Crippen LogP contribution in [0, 0.1) is 35.5 Å². The molecule has 0 spiro atoms. The summed E-state index contributed by atoms with van der Waals surface area (Å²) in [4.78, 5) is 42.9. The van der Waals surface area contributed by atoms with Gasteiger partial charge in [-0.15, -0.1) is 0 Å². The van der Waals surface area contributed by atoms with Gasteiger partial charge in [0.2, 0.25) is 0 Å². The van der Waals surface area contributed by atoms with Gasteiger partial charge in [-0.1, -0.05) is 86.3 Å². The maximum Gasteiger partial charge on any atom is 2.00 e. The third kappa shape index (κ3) is 11.6. The molecule has 2 saturated heterocycles. The van der Waals surface area contributed by atoms with Gasteiger partial charge in [-0.05, 0) is 73.3 Å². The molecule has 0 radical (unpaired) electrons. The summed E-state index contributed by atoms with van der Waals surface area (Å²) in [5.41, 5.74) is 1.90. The maximum absolute atomic E-state index is 12.4. The van der Waals surface area contributed by atoms with Gasteiger partial charge >= 0.3 is 49.7 Å². The second kappa shape index (κ2) is 19.5. The Balaban J connectivity index is 0.000000216. The predicted molar refractivity (Wildman–Crippen MR) is 185 cm³/mol. The summed E-state index contributed by atoms with van der Waals surface area (Å²) in [7, 11) is 0. The van der Waals surface area contributed by atoms with Crippen LogP contribution in [0.5, 0.6) is 0 Å². The Labute approximate surface area is 320 Å². The van der Waals surface area contributed by atoms with Crippen molar-refractivity contribution < 1.29 is 29.7 Å². The average molecular weight is 699 g/mol. The average Bonchev–Trinajstić information content (AvgIpc) is 3.74. The van der Waals surface area contributed by atoms with Crippen molar-refractivity contribution >= 4 is 61.7 Å². The Morgan fingerprint density at radius 2 is 1.14 bits per heavy atom. The molecule has 4 aliphatic rings. The van der Waals surface area contributed by atoms with Crippen molar-refractivity contribution in [3.63, 3.8) is 0 Å². The number of fused-ring (bicyclic) bond motifs is 2. The van der Waals surface area contributed by atoms with E-state index in [4.69, 9.17) is 0 Å². The second-order valence-electron chi connectivity index (χ2n) is 14.2. The summed E-state index contributed by atoms with van der Waals surface area (Å²) >= 11 is 0. The first-order valence-corrected chi connectivity index (χ1v) is 17.8. The fourth-order valence-electron chi connectivity index (χ4n) is 8.01. The molecule has 260 valence electrons. The number of likely N-dealkylation sites (tertiary alicyclic amines) is 2. The minimum absolute atomic E-state index is 0. The maximum atomic E-state index is 12.4. The van der Waals surface area contributed by atoms with Gasteiger partial charge in [0.15, 0.2) is 0 Å². The van der Waals surface area contributed by atoms with Crippen molar-refractivity contribution in [3.05, 3.63) is 71.8 Å². The van der Waals surface area contributed by atoms with Crippen molar-refractivity contribution in [1.29, 1.82) is 0 Å². The van der Waals surface area contributed by atoms with Crippen LogP contribution in [0.3, 0.4) is 0 Å². The number of carbonyl (C=O) groups is 3. The molecule has 0 aromatic heterocycles. The topological polar surface area (TPSA) is 148 Å². The first kappa shape index (κ1) is 39.0. The number of carboxylic acid groups (broad SMARTS) is 2. The van der Waals surface area contributed by atoms with E-state index in [1.807, 2.05) is 65.6 Å². The number of hydrogen-bond acceptors (Lipinski definition) is 6. The summed E-state index contributed by atoms with van der Waals surface area (Å²) in [5.74, 6) is -0.867. The summed E-state index contributed by atoms with van der Waals surface area (Å²) in [5, 5.41) is 35.9. The van der Waals surface area contributed by atoms with Crippen molar-refractivity contribution in [2.75, 3.05) is 39.3 Å². The summed E-state index contributed by atoms with van der Waals surface area (Å²) < 4.78 is 0. The van der Waals surface area contributed by atoms with Gasteiger partial charge in [0.25, 0.3) is 0 Å². The molecule has 2 saturated carbocycles. The number of nitrogens with one attached hydrogen (secondary N) is 1. The smallest absolute Gasteiger partial charge is 0.846 e. The quantitative estimate of drug-likeness (QED) is 0.220. The predicted octanol–water partition coefficient (Wildman–Crippen LogP) is 2.81. The Hall–Kier alpha value is -2.82. The number of aliphatic imine (C=N–C) groups is 1. The number of urea groups is 1. The molecule has 2 heterocycles. The number of benzene rings is 2. The van der Waals surface area contributed by atoms with Gasteiger partial charge < -0.3 is 35.2 Å². The van der Waals surface area contributed by atoms with Gasteiger partial charge in [0, 0.05) is 57.2 Å². The number of nitrogens with zero attached hydrogens (tertiary/aromatic N) is 3. The molecule has 49 heavy (non-hydrogen) atoms. The number of amidine groups is 1. The normalized spacial score (nSPS) is 24.3. The first-order chi connectivity index (χ1) is 23.3. The van der Waals surface area contributed by atoms with Gasteiger partial charge in [0.1, 0.15) is 0 Å². The number of hydrogen-bond donors (Lipinski definition) is 2. The van der Waals surface area contributed by atoms with Crippen LogP contribution in [-0.4, -0.2) is 116 Å². The van der Waals surface area contributed by atoms with Crippen molar-refractivity contribution in [3.8, 4) is 0 Å². The third-order valence-corrected chi connectivity index (χ3v) is 10.8. The first-order valence-electron chi connectivity index (χ1n) is 17.8. The number of aliphatic carboxylic acids is 2. The largest absolute Gasteiger partial charge is 2.00 e. The van der Waals surface area contributed by atoms with E-state index in [2.05, 4.69) is 10.3 Å². The Kier molecular flexibility index (Phi) is 15.5. The van der Waals surface area contributed by atoms with E-state index in [0.717, 1.165) is 37.3 Å². The van der Waals surface area contributed by atoms with E-state index in [-0.39, 0.29) is 62.9 Å². The van der Waals surface area contributed by atoms with Crippen LogP contribution in [0.4, 0.5) is 4.79 Å². The van der Waals surface area contributed by atoms with Crippen LogP contribution >= 0.6 is 0 Å². The minimum Gasteiger partial charge on any atom is -0.846 e. The molecule has 2 unspecified atom stereocenters. The standard InChI is InChI=1S/2C19H26N2O3.Ca/c2*22-18(23)17(10-14-6-2-1-3-7-14)11-20-19(24)21-12-15-8-4-5-9-16(15)13-21;/h2*1-3,6-7,15-17H,4-5,8-13H2,(H,20,24)(H,22,23);/q;;+2/p-2/t2*15-,16+,17?;. The number of rotatable bonds is 10. The van der Waals surface area contributed by atoms with Gasteiger partial charge in [-0.2, -0.15) is 0 Å². The molecule has 2 aliphatic carbocycles. The van der Waals surface area contributed by atoms with Crippen molar-refractivity contribution in [2.24, 2.45) is 40.5 Å². The summed E-state index contributed by atoms with van der Waals surface area (Å²) in [6.45, 7) is 3.37. The summed E-state index contributed by atoms with van der Waals surface area (Å²) in [6.07, 6.45) is 10.7. The van der Waals surface area contributed by atoms with Crippen molar-refractivity contribution in [2.45, 2.75) is 64.2 Å². The number of carboxylic acids is 2. The number of carbonyl (C=O) groups excluding carboxylic acids is 2. The molecule has 2 aromatic rings. The molecule has 11 heteroatoms. The van der Waals surface area contributed by atoms with Crippen LogP contribution in [0.2, 0.25) is 0 Å². The van der Waals surface area contributed by atoms with Crippen LogP contribution in [-0.2, 0) is 22.4 Å². The van der Waals surface area contributed by atoms with E-state index in [1.165, 1.54) is 51.4 Å². The molecule has 0 bridgehead atoms. The zero-order valence-electron chi connectivity index (χ0n) is 28.6. The molecular weight excluding hydrogens is 649 g/mol. The molecule has 2 aromatic carbocycles. The minimum atomic E-state index is -1.15. The molecule has 4 fully saturated rings. The van der Waals surface area contributed by atoms with Crippen LogP contribution in [0.15, 0.2) is 65.7 Å². The molecule has 2 amide bonds. The van der Waals surface area contributed by atoms with Gasteiger partial charge in [0.05, 0.1) is 5.92 Å². The van der Waals surface area contributed by atoms with Gasteiger partial charge in [-0.3, -0.25) is 9.79 Å². The van der Waals surface area contributed by atoms with Crippen LogP contribution in [0.25, 0.3) is 0 Å². The van der Waals surface area contributed by atoms with E-state index in [1.54, 1.807) is 4.90 Å².